The molecule has 0 bridgehead atoms. The number of hydrogen-bond acceptors (Lipinski definition) is 4. The van der Waals surface area contributed by atoms with Gasteiger partial charge in [0, 0.05) is 13.1 Å². The van der Waals surface area contributed by atoms with Crippen LogP contribution in [0.15, 0.2) is 16.8 Å². The van der Waals surface area contributed by atoms with Gasteiger partial charge in [-0.1, -0.05) is 12.1 Å². The Bertz CT molecular complexity index is 697. The van der Waals surface area contributed by atoms with E-state index in [2.05, 4.69) is 22.2 Å². The summed E-state index contributed by atoms with van der Waals surface area (Å²) in [6.45, 7) is 2.62. The molecule has 0 radical (unpaired) electrons. The number of rotatable bonds is 4. The predicted molar refractivity (Wildman–Crippen MR) is 71.0 cm³/mol. The van der Waals surface area contributed by atoms with Gasteiger partial charge in [-0.15, -0.1) is 11.6 Å². The molecule has 0 N–H and O–H groups in total. The maximum absolute atomic E-state index is 5.99. The average molecular weight is 280 g/mol. The fourth-order valence-electron chi connectivity index (χ4n) is 2.27. The van der Waals surface area contributed by atoms with Gasteiger partial charge in [-0.05, 0) is 6.42 Å². The van der Waals surface area contributed by atoms with E-state index < -0.39 is 0 Å². The number of alkyl halides is 1. The SMILES string of the molecule is CCc1nn(C)c2c1nc(CCl)n2Cc1ccno1. The van der Waals surface area contributed by atoms with E-state index in [9.17, 15) is 0 Å². The summed E-state index contributed by atoms with van der Waals surface area (Å²) in [5.74, 6) is 1.94. The van der Waals surface area contributed by atoms with Gasteiger partial charge in [0.15, 0.2) is 11.4 Å². The Hall–Kier alpha value is -1.82. The Kier molecular flexibility index (Phi) is 3.02. The molecule has 3 heterocycles. The molecule has 0 fully saturated rings. The van der Waals surface area contributed by atoms with Gasteiger partial charge in [0.2, 0.25) is 0 Å². The number of fused-ring (bicyclic) bond motifs is 1. The summed E-state index contributed by atoms with van der Waals surface area (Å²) in [6.07, 6.45) is 2.48. The van der Waals surface area contributed by atoms with E-state index in [-0.39, 0.29) is 0 Å². The summed E-state index contributed by atoms with van der Waals surface area (Å²) in [4.78, 5) is 4.59. The van der Waals surface area contributed by atoms with Crippen LogP contribution >= 0.6 is 11.6 Å². The molecular formula is C12H14ClN5O. The van der Waals surface area contributed by atoms with Crippen molar-refractivity contribution in [2.24, 2.45) is 7.05 Å². The molecule has 0 saturated carbocycles. The molecule has 7 heteroatoms. The van der Waals surface area contributed by atoms with Gasteiger partial charge >= 0.3 is 0 Å². The minimum absolute atomic E-state index is 0.353. The monoisotopic (exact) mass is 279 g/mol. The zero-order chi connectivity index (χ0) is 13.4. The Morgan fingerprint density at radius 3 is 2.89 bits per heavy atom. The topological polar surface area (TPSA) is 61.7 Å². The van der Waals surface area contributed by atoms with Gasteiger partial charge in [0.1, 0.15) is 11.3 Å². The highest BCUT2D eigenvalue weighted by Crippen LogP contribution is 2.22. The zero-order valence-electron chi connectivity index (χ0n) is 10.8. The van der Waals surface area contributed by atoms with E-state index in [1.54, 1.807) is 6.20 Å². The molecule has 0 aliphatic carbocycles. The van der Waals surface area contributed by atoms with Gasteiger partial charge in [0.25, 0.3) is 0 Å². The Morgan fingerprint density at radius 2 is 2.26 bits per heavy atom. The average Bonchev–Trinajstić information content (AvgIpc) is 3.09. The van der Waals surface area contributed by atoms with Crippen molar-refractivity contribution < 1.29 is 4.52 Å². The molecule has 19 heavy (non-hydrogen) atoms. The second-order valence-corrected chi connectivity index (χ2v) is 4.59. The molecule has 0 aliphatic heterocycles. The van der Waals surface area contributed by atoms with Gasteiger partial charge in [-0.25, -0.2) is 4.98 Å². The molecular weight excluding hydrogens is 266 g/mol. The third kappa shape index (κ3) is 1.92. The molecule has 0 unspecified atom stereocenters. The van der Waals surface area contributed by atoms with Crippen molar-refractivity contribution in [3.05, 3.63) is 29.5 Å². The van der Waals surface area contributed by atoms with Crippen LogP contribution in [0.4, 0.5) is 0 Å². The molecule has 0 amide bonds. The summed E-state index contributed by atoms with van der Waals surface area (Å²) in [5.41, 5.74) is 2.87. The van der Waals surface area contributed by atoms with E-state index in [4.69, 9.17) is 16.1 Å². The summed E-state index contributed by atoms with van der Waals surface area (Å²) >= 11 is 5.99. The van der Waals surface area contributed by atoms with Crippen molar-refractivity contribution in [3.63, 3.8) is 0 Å². The van der Waals surface area contributed by atoms with Crippen LogP contribution in [-0.2, 0) is 25.9 Å². The van der Waals surface area contributed by atoms with E-state index in [1.807, 2.05) is 22.4 Å². The summed E-state index contributed by atoms with van der Waals surface area (Å²) < 4.78 is 9.02. The molecule has 0 atom stereocenters. The first-order chi connectivity index (χ1) is 9.24. The molecule has 0 aromatic carbocycles. The maximum atomic E-state index is 5.99. The highest BCUT2D eigenvalue weighted by molar-refractivity contribution is 6.16. The Labute approximate surface area is 115 Å². The van der Waals surface area contributed by atoms with Crippen molar-refractivity contribution >= 4 is 22.8 Å². The fraction of sp³-hybridized carbons (Fsp3) is 0.417. The van der Waals surface area contributed by atoms with Gasteiger partial charge in [-0.2, -0.15) is 5.10 Å². The number of nitrogens with zero attached hydrogens (tertiary/aromatic N) is 5. The predicted octanol–water partition coefficient (Wildman–Crippen LogP) is 2.11. The summed E-state index contributed by atoms with van der Waals surface area (Å²) in [5, 5.41) is 8.20. The molecule has 100 valence electrons. The molecule has 0 spiro atoms. The summed E-state index contributed by atoms with van der Waals surface area (Å²) in [7, 11) is 1.91. The highest BCUT2D eigenvalue weighted by Gasteiger charge is 2.18. The van der Waals surface area contributed by atoms with Crippen LogP contribution in [0.1, 0.15) is 24.2 Å². The first-order valence-corrected chi connectivity index (χ1v) is 6.64. The Balaban J connectivity index is 2.17. The molecule has 3 aromatic heterocycles. The van der Waals surface area contributed by atoms with Crippen LogP contribution < -0.4 is 0 Å². The molecule has 6 nitrogen and oxygen atoms in total. The first-order valence-electron chi connectivity index (χ1n) is 6.11. The van der Waals surface area contributed by atoms with E-state index in [0.29, 0.717) is 12.4 Å². The lowest BCUT2D eigenvalue weighted by molar-refractivity contribution is 0.376. The van der Waals surface area contributed by atoms with Crippen LogP contribution in [0.25, 0.3) is 11.2 Å². The quantitative estimate of drug-likeness (QED) is 0.686. The van der Waals surface area contributed by atoms with Crippen molar-refractivity contribution in [3.8, 4) is 0 Å². The van der Waals surface area contributed by atoms with Crippen molar-refractivity contribution in [1.29, 1.82) is 0 Å². The molecule has 3 aromatic rings. The number of aryl methyl sites for hydroxylation is 2. The third-order valence-electron chi connectivity index (χ3n) is 3.13. The molecule has 0 saturated heterocycles. The van der Waals surface area contributed by atoms with E-state index >= 15 is 0 Å². The van der Waals surface area contributed by atoms with Gasteiger partial charge in [-0.3, -0.25) is 4.68 Å². The number of halogens is 1. The summed E-state index contributed by atoms with van der Waals surface area (Å²) in [6, 6.07) is 1.83. The van der Waals surface area contributed by atoms with Crippen molar-refractivity contribution in [1.82, 2.24) is 24.5 Å². The van der Waals surface area contributed by atoms with E-state index in [0.717, 1.165) is 34.9 Å². The van der Waals surface area contributed by atoms with Crippen LogP contribution in [-0.4, -0.2) is 24.5 Å². The van der Waals surface area contributed by atoms with Crippen LogP contribution in [0.5, 0.6) is 0 Å². The van der Waals surface area contributed by atoms with Crippen LogP contribution in [0.3, 0.4) is 0 Å². The second kappa shape index (κ2) is 4.70. The smallest absolute Gasteiger partial charge is 0.159 e. The third-order valence-corrected chi connectivity index (χ3v) is 3.37. The second-order valence-electron chi connectivity index (χ2n) is 4.32. The Morgan fingerprint density at radius 1 is 1.42 bits per heavy atom. The van der Waals surface area contributed by atoms with Gasteiger partial charge in [0.05, 0.1) is 24.3 Å². The maximum Gasteiger partial charge on any atom is 0.159 e. The first kappa shape index (κ1) is 12.2. The zero-order valence-corrected chi connectivity index (χ0v) is 11.6. The van der Waals surface area contributed by atoms with Crippen molar-refractivity contribution in [2.45, 2.75) is 25.8 Å². The minimum Gasteiger partial charge on any atom is -0.359 e. The standard InChI is InChI=1S/C12H14ClN5O/c1-3-9-11-12(17(2)16-9)18(10(6-13)15-11)7-8-4-5-14-19-8/h4-5H,3,6-7H2,1-2H3. The normalized spacial score (nSPS) is 11.5. The van der Waals surface area contributed by atoms with Crippen molar-refractivity contribution in [2.75, 3.05) is 0 Å². The molecule has 0 aliphatic rings. The van der Waals surface area contributed by atoms with E-state index in [1.165, 1.54) is 0 Å². The minimum atomic E-state index is 0.353. The number of aromatic nitrogens is 5. The van der Waals surface area contributed by atoms with Crippen LogP contribution in [0, 0.1) is 0 Å². The highest BCUT2D eigenvalue weighted by atomic mass is 35.5. The van der Waals surface area contributed by atoms with Crippen LogP contribution in [0.2, 0.25) is 0 Å². The molecule has 3 rings (SSSR count). The van der Waals surface area contributed by atoms with Gasteiger partial charge < -0.3 is 9.09 Å². The number of imidazole rings is 1. The lowest BCUT2D eigenvalue weighted by Crippen LogP contribution is -2.07. The fourth-order valence-corrected chi connectivity index (χ4v) is 2.48. The number of hydrogen-bond donors (Lipinski definition) is 0. The lowest BCUT2D eigenvalue weighted by atomic mass is 10.3. The largest absolute Gasteiger partial charge is 0.359 e. The lowest BCUT2D eigenvalue weighted by Gasteiger charge is -2.05.